The molecule has 5 rings (SSSR count). The highest BCUT2D eigenvalue weighted by molar-refractivity contribution is 7.89. The molecule has 3 aromatic rings. The molecule has 2 aromatic carbocycles. The van der Waals surface area contributed by atoms with Crippen LogP contribution in [0, 0.1) is 0 Å². The summed E-state index contributed by atoms with van der Waals surface area (Å²) in [5.74, 6) is -0.234. The van der Waals surface area contributed by atoms with Crippen LogP contribution < -0.4 is 4.90 Å². The lowest BCUT2D eigenvalue weighted by Gasteiger charge is -2.26. The number of halogens is 1. The van der Waals surface area contributed by atoms with Gasteiger partial charge in [0.05, 0.1) is 27.8 Å². The van der Waals surface area contributed by atoms with Crippen molar-refractivity contribution in [1.29, 1.82) is 0 Å². The van der Waals surface area contributed by atoms with Crippen LogP contribution >= 0.6 is 22.9 Å². The van der Waals surface area contributed by atoms with Gasteiger partial charge in [0.25, 0.3) is 5.91 Å². The number of piperidine rings is 1. The molecule has 180 valence electrons. The Morgan fingerprint density at radius 2 is 1.88 bits per heavy atom. The lowest BCUT2D eigenvalue weighted by molar-refractivity contribution is 0.0917. The minimum atomic E-state index is -3.55. The number of carbonyl (C=O) groups is 1. The summed E-state index contributed by atoms with van der Waals surface area (Å²) in [4.78, 5) is 20.1. The molecule has 2 aliphatic rings. The summed E-state index contributed by atoms with van der Waals surface area (Å²) in [5.41, 5.74) is 1.19. The zero-order valence-corrected chi connectivity index (χ0v) is 21.0. The minimum Gasteiger partial charge on any atom is -0.376 e. The van der Waals surface area contributed by atoms with Crippen LogP contribution in [0.15, 0.2) is 47.4 Å². The molecular formula is C24H26ClN3O4S2. The number of thiazole rings is 1. The van der Waals surface area contributed by atoms with Crippen molar-refractivity contribution in [2.45, 2.75) is 43.1 Å². The summed E-state index contributed by atoms with van der Waals surface area (Å²) >= 11 is 7.54. The smallest absolute Gasteiger partial charge is 0.260 e. The third-order valence-corrected chi connectivity index (χ3v) is 9.47. The second-order valence-electron chi connectivity index (χ2n) is 8.65. The molecule has 1 atom stereocenters. The van der Waals surface area contributed by atoms with Crippen molar-refractivity contribution in [2.24, 2.45) is 0 Å². The molecule has 2 saturated heterocycles. The predicted octanol–water partition coefficient (Wildman–Crippen LogP) is 4.95. The molecule has 0 aliphatic carbocycles. The molecule has 1 unspecified atom stereocenters. The Bertz CT molecular complexity index is 1280. The Morgan fingerprint density at radius 1 is 1.12 bits per heavy atom. The number of fused-ring (bicyclic) bond motifs is 1. The number of hydrogen-bond donors (Lipinski definition) is 0. The molecule has 0 spiro atoms. The normalized spacial score (nSPS) is 19.5. The van der Waals surface area contributed by atoms with Crippen LogP contribution in [0.5, 0.6) is 0 Å². The first-order valence-electron chi connectivity index (χ1n) is 11.5. The quantitative estimate of drug-likeness (QED) is 0.460. The maximum Gasteiger partial charge on any atom is 0.260 e. The Labute approximate surface area is 208 Å². The lowest BCUT2D eigenvalue weighted by Crippen LogP contribution is -2.37. The third kappa shape index (κ3) is 4.85. The molecular weight excluding hydrogens is 494 g/mol. The van der Waals surface area contributed by atoms with Gasteiger partial charge in [0.1, 0.15) is 0 Å². The number of nitrogens with zero attached hydrogens (tertiary/aromatic N) is 3. The summed E-state index contributed by atoms with van der Waals surface area (Å²) in [5, 5.41) is 1.19. The van der Waals surface area contributed by atoms with E-state index in [1.165, 1.54) is 27.8 Å². The fourth-order valence-corrected chi connectivity index (χ4v) is 7.19. The molecule has 1 amide bonds. The van der Waals surface area contributed by atoms with E-state index in [1.807, 2.05) is 12.1 Å². The van der Waals surface area contributed by atoms with Gasteiger partial charge >= 0.3 is 0 Å². The molecule has 3 heterocycles. The van der Waals surface area contributed by atoms with Gasteiger partial charge in [-0.15, -0.1) is 0 Å². The Kier molecular flexibility index (Phi) is 6.90. The van der Waals surface area contributed by atoms with Gasteiger partial charge in [-0.2, -0.15) is 4.31 Å². The van der Waals surface area contributed by atoms with E-state index >= 15 is 0 Å². The monoisotopic (exact) mass is 519 g/mol. The molecule has 0 N–H and O–H groups in total. The van der Waals surface area contributed by atoms with Crippen molar-refractivity contribution in [3.8, 4) is 0 Å². The van der Waals surface area contributed by atoms with Crippen molar-refractivity contribution in [2.75, 3.05) is 31.1 Å². The molecule has 7 nitrogen and oxygen atoms in total. The number of anilines is 1. The van der Waals surface area contributed by atoms with Crippen LogP contribution in [0.3, 0.4) is 0 Å². The Morgan fingerprint density at radius 3 is 2.59 bits per heavy atom. The second kappa shape index (κ2) is 9.91. The molecule has 1 aromatic heterocycles. The summed E-state index contributed by atoms with van der Waals surface area (Å²) in [6.45, 7) is 2.16. The average molecular weight is 520 g/mol. The first-order chi connectivity index (χ1) is 16.4. The first kappa shape index (κ1) is 23.7. The van der Waals surface area contributed by atoms with Gasteiger partial charge in [-0.05, 0) is 68.1 Å². The number of hydrogen-bond acceptors (Lipinski definition) is 6. The van der Waals surface area contributed by atoms with Gasteiger partial charge in [-0.1, -0.05) is 29.4 Å². The number of carbonyl (C=O) groups excluding carboxylic acids is 1. The third-order valence-electron chi connectivity index (χ3n) is 6.28. The number of ether oxygens (including phenoxy) is 1. The summed E-state index contributed by atoms with van der Waals surface area (Å²) < 4.78 is 34.2. The highest BCUT2D eigenvalue weighted by Gasteiger charge is 2.29. The molecule has 0 radical (unpaired) electrons. The summed E-state index contributed by atoms with van der Waals surface area (Å²) in [7, 11) is -3.55. The highest BCUT2D eigenvalue weighted by Crippen LogP contribution is 2.32. The Hall–Kier alpha value is -2.04. The van der Waals surface area contributed by atoms with E-state index in [0.717, 1.165) is 42.3 Å². The molecule has 10 heteroatoms. The van der Waals surface area contributed by atoms with E-state index in [1.54, 1.807) is 23.1 Å². The van der Waals surface area contributed by atoms with E-state index in [9.17, 15) is 13.2 Å². The van der Waals surface area contributed by atoms with Crippen LogP contribution in [-0.2, 0) is 14.8 Å². The van der Waals surface area contributed by atoms with E-state index in [0.29, 0.717) is 42.0 Å². The Balaban J connectivity index is 1.43. The molecule has 0 bridgehead atoms. The van der Waals surface area contributed by atoms with E-state index in [4.69, 9.17) is 16.3 Å². The maximum atomic E-state index is 13.6. The topological polar surface area (TPSA) is 79.8 Å². The molecule has 2 aliphatic heterocycles. The van der Waals surface area contributed by atoms with Crippen molar-refractivity contribution in [3.05, 3.63) is 53.1 Å². The number of sulfonamides is 1. The number of aromatic nitrogens is 1. The van der Waals surface area contributed by atoms with Gasteiger partial charge in [-0.25, -0.2) is 13.4 Å². The largest absolute Gasteiger partial charge is 0.376 e. The van der Waals surface area contributed by atoms with Crippen molar-refractivity contribution in [3.63, 3.8) is 0 Å². The van der Waals surface area contributed by atoms with Gasteiger partial charge in [0, 0.05) is 30.3 Å². The van der Waals surface area contributed by atoms with Crippen LogP contribution in [0.2, 0.25) is 5.02 Å². The zero-order chi connectivity index (χ0) is 23.7. The summed E-state index contributed by atoms with van der Waals surface area (Å²) in [6.07, 6.45) is 4.60. The first-order valence-corrected chi connectivity index (χ1v) is 14.1. The molecule has 2 fully saturated rings. The van der Waals surface area contributed by atoms with Gasteiger partial charge < -0.3 is 4.74 Å². The van der Waals surface area contributed by atoms with Gasteiger partial charge in [-0.3, -0.25) is 9.69 Å². The van der Waals surface area contributed by atoms with E-state index < -0.39 is 10.0 Å². The van der Waals surface area contributed by atoms with E-state index in [2.05, 4.69) is 4.98 Å². The fourth-order valence-electron chi connectivity index (χ4n) is 4.42. The average Bonchev–Trinajstić information content (AvgIpc) is 3.52. The van der Waals surface area contributed by atoms with Crippen LogP contribution in [0.1, 0.15) is 42.5 Å². The van der Waals surface area contributed by atoms with Gasteiger partial charge in [0.2, 0.25) is 10.0 Å². The zero-order valence-electron chi connectivity index (χ0n) is 18.7. The lowest BCUT2D eigenvalue weighted by atomic mass is 10.2. The molecule has 0 saturated carbocycles. The SMILES string of the molecule is O=C(c1ccc(S(=O)(=O)N2CCCCC2)cc1)N(CC1CCCO1)c1nc2ccc(Cl)cc2s1. The molecule has 34 heavy (non-hydrogen) atoms. The number of benzene rings is 2. The fraction of sp³-hybridized carbons (Fsp3) is 0.417. The summed E-state index contributed by atoms with van der Waals surface area (Å²) in [6, 6.07) is 11.7. The highest BCUT2D eigenvalue weighted by atomic mass is 35.5. The second-order valence-corrected chi connectivity index (χ2v) is 12.0. The number of amides is 1. The maximum absolute atomic E-state index is 13.6. The van der Waals surface area contributed by atoms with Crippen molar-refractivity contribution in [1.82, 2.24) is 9.29 Å². The van der Waals surface area contributed by atoms with Crippen LogP contribution in [-0.4, -0.2) is 56.0 Å². The van der Waals surface area contributed by atoms with Crippen LogP contribution in [0.4, 0.5) is 5.13 Å². The number of rotatable bonds is 6. The van der Waals surface area contributed by atoms with Gasteiger partial charge in [0.15, 0.2) is 5.13 Å². The van der Waals surface area contributed by atoms with Crippen molar-refractivity contribution >= 4 is 54.2 Å². The van der Waals surface area contributed by atoms with Crippen LogP contribution in [0.25, 0.3) is 10.2 Å². The minimum absolute atomic E-state index is 0.0571. The standard InChI is InChI=1S/C24H26ClN3O4S2/c25-18-8-11-21-22(15-18)33-24(26-21)28(16-19-5-4-14-32-19)23(29)17-6-9-20(10-7-17)34(30,31)27-12-2-1-3-13-27/h6-11,15,19H,1-5,12-14,16H2. The predicted molar refractivity (Wildman–Crippen MR) is 134 cm³/mol. The van der Waals surface area contributed by atoms with Crippen molar-refractivity contribution < 1.29 is 17.9 Å². The van der Waals surface area contributed by atoms with E-state index in [-0.39, 0.29) is 16.9 Å².